The normalized spacial score (nSPS) is 11.8. The van der Waals surface area contributed by atoms with E-state index >= 15 is 0 Å². The van der Waals surface area contributed by atoms with Crippen LogP contribution in [-0.2, 0) is 11.3 Å². The van der Waals surface area contributed by atoms with Gasteiger partial charge in [-0.05, 0) is 18.8 Å². The van der Waals surface area contributed by atoms with Crippen LogP contribution >= 0.6 is 0 Å². The second kappa shape index (κ2) is 8.29. The maximum absolute atomic E-state index is 12.3. The van der Waals surface area contributed by atoms with Crippen molar-refractivity contribution in [2.45, 2.75) is 41.2 Å². The molecule has 0 aromatic carbocycles. The van der Waals surface area contributed by atoms with Crippen LogP contribution < -0.4 is 5.56 Å². The number of carbonyl (C=O) groups is 1. The van der Waals surface area contributed by atoms with Crippen molar-refractivity contribution >= 4 is 11.6 Å². The zero-order valence-corrected chi connectivity index (χ0v) is 15.7. The molecule has 0 atom stereocenters. The number of esters is 1. The molecule has 0 amide bonds. The molecule has 0 saturated heterocycles. The highest BCUT2D eigenvalue weighted by Gasteiger charge is 2.18. The van der Waals surface area contributed by atoms with Crippen molar-refractivity contribution in [3.8, 4) is 0 Å². The molecular weight excluding hydrogens is 320 g/mol. The lowest BCUT2D eigenvalue weighted by molar-refractivity contribution is 0.0528. The molecule has 0 fully saturated rings. The first-order valence-electron chi connectivity index (χ1n) is 8.81. The predicted molar refractivity (Wildman–Crippen MR) is 96.7 cm³/mol. The van der Waals surface area contributed by atoms with E-state index in [1.807, 2.05) is 0 Å². The Kier molecular flexibility index (Phi) is 6.36. The molecule has 2 heterocycles. The lowest BCUT2D eigenvalue weighted by Gasteiger charge is -2.25. The maximum atomic E-state index is 12.3. The van der Waals surface area contributed by atoms with Crippen molar-refractivity contribution in [3.63, 3.8) is 0 Å². The van der Waals surface area contributed by atoms with Gasteiger partial charge in [-0.1, -0.05) is 27.7 Å². The van der Waals surface area contributed by atoms with Crippen molar-refractivity contribution in [3.05, 3.63) is 33.9 Å². The molecule has 7 nitrogen and oxygen atoms in total. The van der Waals surface area contributed by atoms with Gasteiger partial charge in [0.1, 0.15) is 5.56 Å². The molecular formula is C18H28N4O3. The molecule has 0 aliphatic rings. The van der Waals surface area contributed by atoms with Crippen molar-refractivity contribution in [2.75, 3.05) is 19.7 Å². The van der Waals surface area contributed by atoms with E-state index in [2.05, 4.69) is 42.7 Å². The van der Waals surface area contributed by atoms with Crippen LogP contribution in [0, 0.1) is 11.8 Å². The Bertz CT molecular complexity index is 766. The molecule has 25 heavy (non-hydrogen) atoms. The molecule has 0 bridgehead atoms. The van der Waals surface area contributed by atoms with Crippen molar-refractivity contribution < 1.29 is 9.53 Å². The summed E-state index contributed by atoms with van der Waals surface area (Å²) in [7, 11) is 0. The molecule has 2 aromatic rings. The number of ether oxygens (including phenoxy) is 1. The summed E-state index contributed by atoms with van der Waals surface area (Å²) in [5.41, 5.74) is 1.02. The molecule has 7 heteroatoms. The Morgan fingerprint density at radius 3 is 2.48 bits per heavy atom. The van der Waals surface area contributed by atoms with Gasteiger partial charge in [-0.25, -0.2) is 14.3 Å². The van der Waals surface area contributed by atoms with E-state index in [1.165, 1.54) is 16.8 Å². The number of H-pyrrole nitrogens is 1. The summed E-state index contributed by atoms with van der Waals surface area (Å²) in [4.78, 5) is 31.2. The fourth-order valence-corrected chi connectivity index (χ4v) is 2.93. The minimum absolute atomic E-state index is 0.232. The summed E-state index contributed by atoms with van der Waals surface area (Å²) in [6.45, 7) is 13.1. The van der Waals surface area contributed by atoms with E-state index in [9.17, 15) is 9.59 Å². The summed E-state index contributed by atoms with van der Waals surface area (Å²) < 4.78 is 6.30. The SMILES string of the molecule is CCOC(=O)c1c[nH]n2c(=O)cc(CN(CC(C)C)CC(C)C)nc12. The number of aromatic amines is 1. The zero-order chi connectivity index (χ0) is 18.6. The minimum atomic E-state index is -0.480. The highest BCUT2D eigenvalue weighted by Crippen LogP contribution is 2.12. The van der Waals surface area contributed by atoms with Crippen molar-refractivity contribution in [1.29, 1.82) is 0 Å². The zero-order valence-electron chi connectivity index (χ0n) is 15.7. The highest BCUT2D eigenvalue weighted by molar-refractivity contribution is 5.95. The number of nitrogens with zero attached hydrogens (tertiary/aromatic N) is 3. The fraction of sp³-hybridized carbons (Fsp3) is 0.611. The van der Waals surface area contributed by atoms with Gasteiger partial charge >= 0.3 is 5.97 Å². The third-order valence-corrected chi connectivity index (χ3v) is 3.68. The summed E-state index contributed by atoms with van der Waals surface area (Å²) in [5.74, 6) is 0.559. The van der Waals surface area contributed by atoms with Gasteiger partial charge in [0.15, 0.2) is 5.65 Å². The molecule has 2 aromatic heterocycles. The molecule has 0 radical (unpaired) electrons. The van der Waals surface area contributed by atoms with E-state index in [1.54, 1.807) is 6.92 Å². The first-order chi connectivity index (χ1) is 11.8. The maximum Gasteiger partial charge on any atom is 0.343 e. The number of hydrogen-bond acceptors (Lipinski definition) is 5. The first-order valence-corrected chi connectivity index (χ1v) is 8.81. The Labute approximate surface area is 148 Å². The molecule has 0 aliphatic carbocycles. The van der Waals surface area contributed by atoms with Crippen LogP contribution in [0.1, 0.15) is 50.7 Å². The molecule has 0 aliphatic heterocycles. The summed E-state index contributed by atoms with van der Waals surface area (Å²) in [5, 5.41) is 2.77. The quantitative estimate of drug-likeness (QED) is 0.741. The number of hydrogen-bond donors (Lipinski definition) is 1. The fourth-order valence-electron chi connectivity index (χ4n) is 2.93. The monoisotopic (exact) mass is 348 g/mol. The van der Waals surface area contributed by atoms with Gasteiger partial charge in [-0.2, -0.15) is 0 Å². The van der Waals surface area contributed by atoms with Gasteiger partial charge in [-0.15, -0.1) is 0 Å². The van der Waals surface area contributed by atoms with Crippen LogP contribution in [0.25, 0.3) is 5.65 Å². The van der Waals surface area contributed by atoms with Gasteiger partial charge < -0.3 is 4.74 Å². The smallest absolute Gasteiger partial charge is 0.343 e. The van der Waals surface area contributed by atoms with E-state index in [-0.39, 0.29) is 17.7 Å². The molecule has 0 spiro atoms. The van der Waals surface area contributed by atoms with Gasteiger partial charge in [-0.3, -0.25) is 14.8 Å². The van der Waals surface area contributed by atoms with E-state index in [4.69, 9.17) is 4.74 Å². The average molecular weight is 348 g/mol. The Morgan fingerprint density at radius 2 is 1.92 bits per heavy atom. The largest absolute Gasteiger partial charge is 0.462 e. The Morgan fingerprint density at radius 1 is 1.28 bits per heavy atom. The lowest BCUT2D eigenvalue weighted by atomic mass is 10.1. The Balaban J connectivity index is 2.35. The average Bonchev–Trinajstić information content (AvgIpc) is 2.90. The van der Waals surface area contributed by atoms with Gasteiger partial charge in [0, 0.05) is 31.9 Å². The third-order valence-electron chi connectivity index (χ3n) is 3.68. The third kappa shape index (κ3) is 4.92. The van der Waals surface area contributed by atoms with E-state index in [0.29, 0.717) is 29.7 Å². The van der Waals surface area contributed by atoms with Crippen molar-refractivity contribution in [1.82, 2.24) is 19.5 Å². The second-order valence-electron chi connectivity index (χ2n) is 7.13. The van der Waals surface area contributed by atoms with Crippen LogP contribution in [0.15, 0.2) is 17.1 Å². The first kappa shape index (κ1) is 19.2. The molecule has 0 unspecified atom stereocenters. The summed E-state index contributed by atoms with van der Waals surface area (Å²) in [6, 6.07) is 1.52. The van der Waals surface area contributed by atoms with Crippen LogP contribution in [0.4, 0.5) is 0 Å². The topological polar surface area (TPSA) is 79.7 Å². The summed E-state index contributed by atoms with van der Waals surface area (Å²) in [6.07, 6.45) is 1.46. The van der Waals surface area contributed by atoms with Crippen LogP contribution in [0.3, 0.4) is 0 Å². The van der Waals surface area contributed by atoms with Gasteiger partial charge in [0.25, 0.3) is 5.56 Å². The Hall–Kier alpha value is -2.15. The molecule has 138 valence electrons. The molecule has 0 saturated carbocycles. The minimum Gasteiger partial charge on any atom is -0.462 e. The van der Waals surface area contributed by atoms with Gasteiger partial charge in [0.2, 0.25) is 0 Å². The lowest BCUT2D eigenvalue weighted by Crippen LogP contribution is -2.32. The van der Waals surface area contributed by atoms with Crippen LogP contribution in [0.2, 0.25) is 0 Å². The molecule has 1 N–H and O–H groups in total. The number of aromatic nitrogens is 3. The van der Waals surface area contributed by atoms with Crippen LogP contribution in [0.5, 0.6) is 0 Å². The number of rotatable bonds is 8. The van der Waals surface area contributed by atoms with Crippen LogP contribution in [-0.4, -0.2) is 45.2 Å². The molecule has 2 rings (SSSR count). The van der Waals surface area contributed by atoms with E-state index < -0.39 is 5.97 Å². The standard InChI is InChI=1S/C18H28N4O3/c1-6-25-18(24)15-8-19-22-16(23)7-14(20-17(15)22)11-21(9-12(2)3)10-13(4)5/h7-8,12-13,19H,6,9-11H2,1-5H3. The number of nitrogens with one attached hydrogen (secondary N) is 1. The number of fused-ring (bicyclic) bond motifs is 1. The predicted octanol–water partition coefficient (Wildman–Crippen LogP) is 2.31. The summed E-state index contributed by atoms with van der Waals surface area (Å²) >= 11 is 0. The van der Waals surface area contributed by atoms with E-state index in [0.717, 1.165) is 13.1 Å². The number of carbonyl (C=O) groups excluding carboxylic acids is 1. The highest BCUT2D eigenvalue weighted by atomic mass is 16.5. The van der Waals surface area contributed by atoms with Crippen molar-refractivity contribution in [2.24, 2.45) is 11.8 Å². The van der Waals surface area contributed by atoms with Gasteiger partial charge in [0.05, 0.1) is 12.3 Å². The second-order valence-corrected chi connectivity index (χ2v) is 7.13.